The Hall–Kier alpha value is -2.30. The molecule has 0 saturated carbocycles. The van der Waals surface area contributed by atoms with Gasteiger partial charge in [0.2, 0.25) is 0 Å². The molecule has 0 spiro atoms. The van der Waals surface area contributed by atoms with Crippen LogP contribution in [0.4, 0.5) is 13.2 Å². The minimum Gasteiger partial charge on any atom is -0.396 e. The van der Waals surface area contributed by atoms with E-state index in [0.717, 1.165) is 15.8 Å². The lowest BCUT2D eigenvalue weighted by Crippen LogP contribution is -2.16. The number of aromatic nitrogens is 2. The maximum Gasteiger partial charge on any atom is 0.433 e. The first-order valence-electron chi connectivity index (χ1n) is 9.30. The Balaban J connectivity index is 2.27. The van der Waals surface area contributed by atoms with Gasteiger partial charge >= 0.3 is 6.18 Å². The number of hydrogen-bond acceptors (Lipinski definition) is 5. The fourth-order valence-electron chi connectivity index (χ4n) is 3.23. The van der Waals surface area contributed by atoms with Gasteiger partial charge in [-0.2, -0.15) is 18.3 Å². The van der Waals surface area contributed by atoms with Crippen molar-refractivity contribution in [2.24, 2.45) is 0 Å². The minimum atomic E-state index is -4.68. The summed E-state index contributed by atoms with van der Waals surface area (Å²) in [4.78, 5) is 0.974. The number of nitrogens with zero attached hydrogens (tertiary/aromatic N) is 2. The molecule has 0 atom stereocenters. The van der Waals surface area contributed by atoms with Gasteiger partial charge in [-0.15, -0.1) is 11.8 Å². The molecule has 1 aromatic heterocycles. The average molecular weight is 471 g/mol. The third-order valence-corrected chi connectivity index (χ3v) is 6.56. The Morgan fingerprint density at radius 1 is 1.03 bits per heavy atom. The second kappa shape index (κ2) is 9.05. The number of sulfone groups is 1. The monoisotopic (exact) mass is 470 g/mol. The molecule has 1 heterocycles. The summed E-state index contributed by atoms with van der Waals surface area (Å²) in [5.41, 5.74) is -0.167. The highest BCUT2D eigenvalue weighted by molar-refractivity contribution is 7.98. The molecule has 0 unspecified atom stereocenters. The van der Waals surface area contributed by atoms with E-state index in [1.54, 1.807) is 24.3 Å². The summed E-state index contributed by atoms with van der Waals surface area (Å²) in [5, 5.41) is 13.3. The van der Waals surface area contributed by atoms with Crippen LogP contribution >= 0.6 is 11.8 Å². The molecule has 3 aromatic rings. The highest BCUT2D eigenvalue weighted by Gasteiger charge is 2.40. The third kappa shape index (κ3) is 5.13. The van der Waals surface area contributed by atoms with E-state index in [2.05, 4.69) is 5.10 Å². The van der Waals surface area contributed by atoms with E-state index in [4.69, 9.17) is 5.11 Å². The van der Waals surface area contributed by atoms with Gasteiger partial charge in [0.25, 0.3) is 0 Å². The standard InChI is InChI=1S/C21H21F3N2O3S2/c1-30-16-8-4-14(5-9-16)18-19(15-6-10-17(11-7-15)31(2,28)29)25-26(12-3-13-27)20(18)21(22,23)24/h4-11,27H,3,12-13H2,1-2H3. The Morgan fingerprint density at radius 3 is 2.10 bits per heavy atom. The molecule has 2 aromatic carbocycles. The summed E-state index contributed by atoms with van der Waals surface area (Å²) in [5.74, 6) is 0. The maximum absolute atomic E-state index is 14.1. The molecule has 0 amide bonds. The van der Waals surface area contributed by atoms with Gasteiger partial charge in [-0.05, 0) is 42.5 Å². The molecule has 10 heteroatoms. The number of thioether (sulfide) groups is 1. The largest absolute Gasteiger partial charge is 0.433 e. The average Bonchev–Trinajstić information content (AvgIpc) is 3.11. The lowest BCUT2D eigenvalue weighted by Gasteiger charge is -2.13. The smallest absolute Gasteiger partial charge is 0.396 e. The van der Waals surface area contributed by atoms with Gasteiger partial charge in [-0.25, -0.2) is 8.42 Å². The summed E-state index contributed by atoms with van der Waals surface area (Å²) in [6.07, 6.45) is -1.63. The zero-order valence-electron chi connectivity index (χ0n) is 16.8. The van der Waals surface area contributed by atoms with Gasteiger partial charge in [-0.1, -0.05) is 24.3 Å². The molecule has 0 aliphatic rings. The second-order valence-electron chi connectivity index (χ2n) is 6.90. The molecule has 0 fully saturated rings. The van der Waals surface area contributed by atoms with Crippen LogP contribution in [0, 0.1) is 0 Å². The zero-order valence-corrected chi connectivity index (χ0v) is 18.5. The molecule has 0 saturated heterocycles. The molecule has 5 nitrogen and oxygen atoms in total. The van der Waals surface area contributed by atoms with Crippen LogP contribution in [0.2, 0.25) is 0 Å². The molecule has 1 N–H and O–H groups in total. The van der Waals surface area contributed by atoms with Crippen molar-refractivity contribution >= 4 is 21.6 Å². The summed E-state index contributed by atoms with van der Waals surface area (Å²) < 4.78 is 66.7. The summed E-state index contributed by atoms with van der Waals surface area (Å²) in [6.45, 7) is -0.379. The molecular weight excluding hydrogens is 449 g/mol. The van der Waals surface area contributed by atoms with E-state index in [-0.39, 0.29) is 35.7 Å². The van der Waals surface area contributed by atoms with Gasteiger partial charge in [0, 0.05) is 35.4 Å². The van der Waals surface area contributed by atoms with Crippen LogP contribution in [0.1, 0.15) is 12.1 Å². The molecular formula is C21H21F3N2O3S2. The van der Waals surface area contributed by atoms with Gasteiger partial charge < -0.3 is 5.11 Å². The highest BCUT2D eigenvalue weighted by atomic mass is 32.2. The SMILES string of the molecule is CSc1ccc(-c2c(-c3ccc(S(C)(=O)=O)cc3)nn(CCCO)c2C(F)(F)F)cc1. The third-order valence-electron chi connectivity index (χ3n) is 4.68. The molecule has 3 rings (SSSR count). The first-order valence-corrected chi connectivity index (χ1v) is 12.4. The zero-order chi connectivity index (χ0) is 22.8. The number of aliphatic hydroxyl groups is 1. The van der Waals surface area contributed by atoms with E-state index >= 15 is 0 Å². The van der Waals surface area contributed by atoms with Crippen molar-refractivity contribution in [2.45, 2.75) is 28.9 Å². The Morgan fingerprint density at radius 2 is 1.61 bits per heavy atom. The van der Waals surface area contributed by atoms with E-state index in [0.29, 0.717) is 11.1 Å². The lowest BCUT2D eigenvalue weighted by molar-refractivity contribution is -0.143. The van der Waals surface area contributed by atoms with Crippen LogP contribution in [0.25, 0.3) is 22.4 Å². The van der Waals surface area contributed by atoms with Crippen LogP contribution in [-0.2, 0) is 22.6 Å². The molecule has 0 bridgehead atoms. The van der Waals surface area contributed by atoms with E-state index in [9.17, 15) is 21.6 Å². The predicted molar refractivity (Wildman–Crippen MR) is 115 cm³/mol. The van der Waals surface area contributed by atoms with E-state index in [1.807, 2.05) is 6.26 Å². The van der Waals surface area contributed by atoms with Crippen molar-refractivity contribution in [1.29, 1.82) is 0 Å². The van der Waals surface area contributed by atoms with Crippen LogP contribution in [0.3, 0.4) is 0 Å². The second-order valence-corrected chi connectivity index (χ2v) is 9.79. The number of hydrogen-bond donors (Lipinski definition) is 1. The van der Waals surface area contributed by atoms with Gasteiger partial charge in [0.15, 0.2) is 15.5 Å². The van der Waals surface area contributed by atoms with Crippen LogP contribution in [-0.4, -0.2) is 42.4 Å². The maximum atomic E-state index is 14.1. The lowest BCUT2D eigenvalue weighted by atomic mass is 9.98. The summed E-state index contributed by atoms with van der Waals surface area (Å²) in [7, 11) is -3.45. The first kappa shape index (κ1) is 23.4. The molecule has 166 valence electrons. The van der Waals surface area contributed by atoms with Crippen LogP contribution in [0.15, 0.2) is 58.3 Å². The Labute approximate surface area is 182 Å². The number of halogens is 3. The number of aliphatic hydroxyl groups excluding tert-OH is 1. The normalized spacial score (nSPS) is 12.3. The fraction of sp³-hybridized carbons (Fsp3) is 0.286. The number of rotatable bonds is 7. The number of benzene rings is 2. The Kier molecular flexibility index (Phi) is 6.82. The molecule has 0 aliphatic carbocycles. The van der Waals surface area contributed by atoms with Gasteiger partial charge in [0.1, 0.15) is 5.69 Å². The van der Waals surface area contributed by atoms with Crippen molar-refractivity contribution in [3.8, 4) is 22.4 Å². The predicted octanol–water partition coefficient (Wildman–Crippen LogP) is 4.74. The minimum absolute atomic E-state index is 0.0675. The van der Waals surface area contributed by atoms with Crippen molar-refractivity contribution in [3.63, 3.8) is 0 Å². The molecule has 31 heavy (non-hydrogen) atoms. The van der Waals surface area contributed by atoms with Crippen LogP contribution in [0.5, 0.6) is 0 Å². The molecule has 0 aliphatic heterocycles. The number of aryl methyl sites for hydroxylation is 1. The van der Waals surface area contributed by atoms with Crippen molar-refractivity contribution < 1.29 is 26.7 Å². The van der Waals surface area contributed by atoms with Crippen molar-refractivity contribution in [2.75, 3.05) is 19.1 Å². The Bertz CT molecular complexity index is 1150. The molecule has 0 radical (unpaired) electrons. The van der Waals surface area contributed by atoms with E-state index < -0.39 is 21.7 Å². The van der Waals surface area contributed by atoms with Gasteiger partial charge in [-0.3, -0.25) is 4.68 Å². The van der Waals surface area contributed by atoms with Crippen molar-refractivity contribution in [1.82, 2.24) is 9.78 Å². The van der Waals surface area contributed by atoms with Crippen molar-refractivity contribution in [3.05, 3.63) is 54.2 Å². The van der Waals surface area contributed by atoms with Gasteiger partial charge in [0.05, 0.1) is 4.90 Å². The van der Waals surface area contributed by atoms with Crippen LogP contribution < -0.4 is 0 Å². The fourth-order valence-corrected chi connectivity index (χ4v) is 4.26. The first-order chi connectivity index (χ1) is 14.6. The number of alkyl halides is 3. The topological polar surface area (TPSA) is 72.2 Å². The quantitative estimate of drug-likeness (QED) is 0.505. The highest BCUT2D eigenvalue weighted by Crippen LogP contribution is 2.43. The van der Waals surface area contributed by atoms with E-state index in [1.165, 1.54) is 36.0 Å². The summed E-state index contributed by atoms with van der Waals surface area (Å²) in [6, 6.07) is 12.3. The summed E-state index contributed by atoms with van der Waals surface area (Å²) >= 11 is 1.48.